The Bertz CT molecular complexity index is 833. The van der Waals surface area contributed by atoms with Crippen molar-refractivity contribution in [2.75, 3.05) is 25.1 Å². The van der Waals surface area contributed by atoms with Crippen LogP contribution in [0.25, 0.3) is 0 Å². The SMILES string of the molecule is CCCCOc1ccc(C(=O)NCC(=O)Nc2cccc(C(=O)OCC)c2)cc1. The average molecular weight is 398 g/mol. The molecule has 0 fully saturated rings. The molecule has 0 saturated heterocycles. The fraction of sp³-hybridized carbons (Fsp3) is 0.318. The molecule has 0 saturated carbocycles. The van der Waals surface area contributed by atoms with Gasteiger partial charge in [0.1, 0.15) is 5.75 Å². The Morgan fingerprint density at radius 1 is 0.966 bits per heavy atom. The van der Waals surface area contributed by atoms with E-state index in [1.807, 2.05) is 0 Å². The summed E-state index contributed by atoms with van der Waals surface area (Å²) < 4.78 is 10.5. The Morgan fingerprint density at radius 2 is 1.72 bits per heavy atom. The number of nitrogens with one attached hydrogen (secondary N) is 2. The Kier molecular flexibility index (Phi) is 8.69. The summed E-state index contributed by atoms with van der Waals surface area (Å²) in [5.41, 5.74) is 1.23. The Labute approximate surface area is 170 Å². The first-order chi connectivity index (χ1) is 14.0. The van der Waals surface area contributed by atoms with Crippen LogP contribution in [-0.2, 0) is 9.53 Å². The molecule has 2 amide bonds. The van der Waals surface area contributed by atoms with Crippen molar-refractivity contribution in [3.8, 4) is 5.75 Å². The van der Waals surface area contributed by atoms with E-state index in [-0.39, 0.29) is 19.1 Å². The zero-order valence-electron chi connectivity index (χ0n) is 16.7. The highest BCUT2D eigenvalue weighted by atomic mass is 16.5. The predicted molar refractivity (Wildman–Crippen MR) is 110 cm³/mol. The van der Waals surface area contributed by atoms with E-state index in [9.17, 15) is 14.4 Å². The average Bonchev–Trinajstić information content (AvgIpc) is 2.73. The predicted octanol–water partition coefficient (Wildman–Crippen LogP) is 3.41. The lowest BCUT2D eigenvalue weighted by Gasteiger charge is -2.09. The van der Waals surface area contributed by atoms with Gasteiger partial charge in [-0.25, -0.2) is 4.79 Å². The molecule has 7 heteroatoms. The smallest absolute Gasteiger partial charge is 0.338 e. The highest BCUT2D eigenvalue weighted by Crippen LogP contribution is 2.13. The molecule has 0 atom stereocenters. The first kappa shape index (κ1) is 21.9. The third-order valence-corrected chi connectivity index (χ3v) is 3.95. The van der Waals surface area contributed by atoms with Gasteiger partial charge in [0.25, 0.3) is 5.91 Å². The third kappa shape index (κ3) is 7.29. The van der Waals surface area contributed by atoms with Crippen LogP contribution in [0.1, 0.15) is 47.4 Å². The molecule has 0 heterocycles. The molecule has 2 aromatic carbocycles. The Balaban J connectivity index is 1.83. The van der Waals surface area contributed by atoms with Crippen LogP contribution in [0.3, 0.4) is 0 Å². The Morgan fingerprint density at radius 3 is 2.41 bits per heavy atom. The van der Waals surface area contributed by atoms with E-state index in [4.69, 9.17) is 9.47 Å². The minimum absolute atomic E-state index is 0.197. The molecule has 0 aromatic heterocycles. The third-order valence-electron chi connectivity index (χ3n) is 3.95. The van der Waals surface area contributed by atoms with E-state index < -0.39 is 11.9 Å². The molecule has 0 aliphatic carbocycles. The topological polar surface area (TPSA) is 93.7 Å². The number of hydrogen-bond acceptors (Lipinski definition) is 5. The van der Waals surface area contributed by atoms with Crippen LogP contribution in [0.15, 0.2) is 48.5 Å². The van der Waals surface area contributed by atoms with Gasteiger partial charge >= 0.3 is 5.97 Å². The van der Waals surface area contributed by atoms with Gasteiger partial charge in [-0.15, -0.1) is 0 Å². The number of carbonyl (C=O) groups is 3. The second-order valence-corrected chi connectivity index (χ2v) is 6.26. The number of amides is 2. The molecule has 0 aliphatic heterocycles. The summed E-state index contributed by atoms with van der Waals surface area (Å²) in [7, 11) is 0. The van der Waals surface area contributed by atoms with E-state index in [1.54, 1.807) is 49.4 Å². The molecule has 2 rings (SSSR count). The fourth-order valence-corrected chi connectivity index (χ4v) is 2.44. The Hall–Kier alpha value is -3.35. The van der Waals surface area contributed by atoms with Crippen molar-refractivity contribution < 1.29 is 23.9 Å². The number of esters is 1. The van der Waals surface area contributed by atoms with Gasteiger partial charge in [0, 0.05) is 11.3 Å². The van der Waals surface area contributed by atoms with Crippen molar-refractivity contribution in [2.24, 2.45) is 0 Å². The van der Waals surface area contributed by atoms with Crippen molar-refractivity contribution in [1.29, 1.82) is 0 Å². The van der Waals surface area contributed by atoms with Gasteiger partial charge in [-0.05, 0) is 55.8 Å². The maximum absolute atomic E-state index is 12.2. The van der Waals surface area contributed by atoms with E-state index in [0.29, 0.717) is 29.2 Å². The van der Waals surface area contributed by atoms with Crippen molar-refractivity contribution in [3.63, 3.8) is 0 Å². The van der Waals surface area contributed by atoms with Gasteiger partial charge in [0.15, 0.2) is 0 Å². The van der Waals surface area contributed by atoms with Gasteiger partial charge in [-0.1, -0.05) is 19.4 Å². The van der Waals surface area contributed by atoms with E-state index in [1.165, 1.54) is 6.07 Å². The van der Waals surface area contributed by atoms with Crippen LogP contribution in [0.4, 0.5) is 5.69 Å². The van der Waals surface area contributed by atoms with E-state index >= 15 is 0 Å². The highest BCUT2D eigenvalue weighted by Gasteiger charge is 2.11. The molecule has 7 nitrogen and oxygen atoms in total. The standard InChI is InChI=1S/C22H26N2O5/c1-3-5-13-29-19-11-9-16(10-12-19)21(26)23-15-20(25)24-18-8-6-7-17(14-18)22(27)28-4-2/h6-12,14H,3-5,13,15H2,1-2H3,(H,23,26)(H,24,25). The number of anilines is 1. The van der Waals surface area contributed by atoms with Crippen LogP contribution in [0.5, 0.6) is 5.75 Å². The van der Waals surface area contributed by atoms with Gasteiger partial charge in [0.2, 0.25) is 5.91 Å². The summed E-state index contributed by atoms with van der Waals surface area (Å²) in [4.78, 5) is 36.0. The summed E-state index contributed by atoms with van der Waals surface area (Å²) in [6.07, 6.45) is 2.02. The lowest BCUT2D eigenvalue weighted by Crippen LogP contribution is -2.32. The summed E-state index contributed by atoms with van der Waals surface area (Å²) in [6.45, 7) is 4.52. The molecule has 0 aliphatic rings. The molecule has 0 radical (unpaired) electrons. The molecule has 2 aromatic rings. The van der Waals surface area contributed by atoms with Crippen LogP contribution >= 0.6 is 0 Å². The molecule has 0 bridgehead atoms. The summed E-state index contributed by atoms with van der Waals surface area (Å²) >= 11 is 0. The first-order valence-corrected chi connectivity index (χ1v) is 9.61. The first-order valence-electron chi connectivity index (χ1n) is 9.61. The van der Waals surface area contributed by atoms with Gasteiger partial charge in [-0.3, -0.25) is 9.59 Å². The zero-order valence-corrected chi connectivity index (χ0v) is 16.7. The minimum Gasteiger partial charge on any atom is -0.494 e. The van der Waals surface area contributed by atoms with Crippen molar-refractivity contribution in [1.82, 2.24) is 5.32 Å². The maximum Gasteiger partial charge on any atom is 0.338 e. The van der Waals surface area contributed by atoms with Gasteiger partial charge < -0.3 is 20.1 Å². The number of carbonyl (C=O) groups excluding carboxylic acids is 3. The van der Waals surface area contributed by atoms with Crippen molar-refractivity contribution in [3.05, 3.63) is 59.7 Å². The number of ether oxygens (including phenoxy) is 2. The van der Waals surface area contributed by atoms with Crippen molar-refractivity contribution >= 4 is 23.5 Å². The number of rotatable bonds is 10. The summed E-state index contributed by atoms with van der Waals surface area (Å²) in [5.74, 6) is -0.521. The summed E-state index contributed by atoms with van der Waals surface area (Å²) in [6, 6.07) is 13.2. The quantitative estimate of drug-likeness (QED) is 0.472. The van der Waals surface area contributed by atoms with Gasteiger partial charge in [-0.2, -0.15) is 0 Å². The molecular weight excluding hydrogens is 372 g/mol. The van der Waals surface area contributed by atoms with Crippen LogP contribution in [0.2, 0.25) is 0 Å². The van der Waals surface area contributed by atoms with Gasteiger partial charge in [0.05, 0.1) is 25.3 Å². The second kappa shape index (κ2) is 11.5. The molecule has 0 spiro atoms. The highest BCUT2D eigenvalue weighted by molar-refractivity contribution is 6.00. The monoisotopic (exact) mass is 398 g/mol. The van der Waals surface area contributed by atoms with Crippen LogP contribution in [0, 0.1) is 0 Å². The molecule has 2 N–H and O–H groups in total. The van der Waals surface area contributed by atoms with Crippen LogP contribution < -0.4 is 15.4 Å². The largest absolute Gasteiger partial charge is 0.494 e. The summed E-state index contributed by atoms with van der Waals surface area (Å²) in [5, 5.41) is 5.21. The molecular formula is C22H26N2O5. The minimum atomic E-state index is -0.459. The lowest BCUT2D eigenvalue weighted by atomic mass is 10.2. The molecule has 29 heavy (non-hydrogen) atoms. The lowest BCUT2D eigenvalue weighted by molar-refractivity contribution is -0.115. The maximum atomic E-state index is 12.2. The van der Waals surface area contributed by atoms with E-state index in [0.717, 1.165) is 12.8 Å². The molecule has 154 valence electrons. The zero-order chi connectivity index (χ0) is 21.1. The number of benzene rings is 2. The number of hydrogen-bond donors (Lipinski definition) is 2. The second-order valence-electron chi connectivity index (χ2n) is 6.26. The van der Waals surface area contributed by atoms with Crippen molar-refractivity contribution in [2.45, 2.75) is 26.7 Å². The fourth-order valence-electron chi connectivity index (χ4n) is 2.44. The normalized spacial score (nSPS) is 10.1. The molecule has 0 unspecified atom stereocenters. The van der Waals surface area contributed by atoms with Crippen LogP contribution in [-0.4, -0.2) is 37.5 Å². The van der Waals surface area contributed by atoms with E-state index in [2.05, 4.69) is 17.6 Å². The number of unbranched alkanes of at least 4 members (excludes halogenated alkanes) is 1.